The monoisotopic (exact) mass is 373 g/mol. The van der Waals surface area contributed by atoms with Gasteiger partial charge in [0, 0.05) is 44.6 Å². The van der Waals surface area contributed by atoms with Crippen LogP contribution in [0.2, 0.25) is 0 Å². The van der Waals surface area contributed by atoms with Gasteiger partial charge in [0.05, 0.1) is 6.20 Å². The average Bonchev–Trinajstić information content (AvgIpc) is 2.95. The van der Waals surface area contributed by atoms with Crippen molar-refractivity contribution in [3.63, 3.8) is 0 Å². The summed E-state index contributed by atoms with van der Waals surface area (Å²) in [4.78, 5) is 14.4. The molecular formula is C16H25Cl2N5O. The van der Waals surface area contributed by atoms with Gasteiger partial charge >= 0.3 is 0 Å². The van der Waals surface area contributed by atoms with Crippen LogP contribution in [0.25, 0.3) is 0 Å². The van der Waals surface area contributed by atoms with Gasteiger partial charge in [0.15, 0.2) is 0 Å². The number of nitrogens with one attached hydrogen (secondary N) is 2. The number of hydrogen-bond acceptors (Lipinski definition) is 4. The summed E-state index contributed by atoms with van der Waals surface area (Å²) >= 11 is 0. The number of amides is 1. The fourth-order valence-electron chi connectivity index (χ4n) is 2.30. The Balaban J connectivity index is 0.00000264. The number of aryl methyl sites for hydroxylation is 1. The van der Waals surface area contributed by atoms with E-state index in [1.54, 1.807) is 17.9 Å². The zero-order valence-corrected chi connectivity index (χ0v) is 15.7. The predicted molar refractivity (Wildman–Crippen MR) is 102 cm³/mol. The number of hydrogen-bond donors (Lipinski definition) is 2. The second-order valence-corrected chi connectivity index (χ2v) is 5.22. The summed E-state index contributed by atoms with van der Waals surface area (Å²) in [6.07, 6.45) is 3.55. The first-order valence-electron chi connectivity index (χ1n) is 7.31. The summed E-state index contributed by atoms with van der Waals surface area (Å²) in [6, 6.07) is 9.72. The minimum absolute atomic E-state index is 0. The van der Waals surface area contributed by atoms with E-state index in [4.69, 9.17) is 0 Å². The maximum Gasteiger partial charge on any atom is 0.241 e. The van der Waals surface area contributed by atoms with Crippen LogP contribution in [0.4, 0.5) is 5.69 Å². The van der Waals surface area contributed by atoms with Gasteiger partial charge in [0.1, 0.15) is 6.04 Å². The first kappa shape index (κ1) is 22.2. The van der Waals surface area contributed by atoms with Gasteiger partial charge in [-0.1, -0.05) is 18.2 Å². The minimum atomic E-state index is -0.379. The molecule has 0 fully saturated rings. The van der Waals surface area contributed by atoms with Crippen molar-refractivity contribution >= 4 is 36.4 Å². The first-order chi connectivity index (χ1) is 10.6. The molecule has 0 saturated carbocycles. The summed E-state index contributed by atoms with van der Waals surface area (Å²) in [6.45, 7) is 1.34. The molecule has 2 N–H and O–H groups in total. The molecule has 0 bridgehead atoms. The third kappa shape index (κ3) is 6.03. The van der Waals surface area contributed by atoms with Crippen molar-refractivity contribution < 1.29 is 4.79 Å². The number of benzene rings is 1. The van der Waals surface area contributed by atoms with Gasteiger partial charge in [-0.15, -0.1) is 24.8 Å². The first-order valence-corrected chi connectivity index (χ1v) is 7.31. The van der Waals surface area contributed by atoms with Crippen molar-refractivity contribution in [1.29, 1.82) is 0 Å². The minimum Gasteiger partial charge on any atom is -0.373 e. The number of rotatable bonds is 7. The lowest BCUT2D eigenvalue weighted by molar-refractivity contribution is -0.123. The molecule has 2 rings (SSSR count). The zero-order valence-electron chi connectivity index (χ0n) is 14.1. The van der Waals surface area contributed by atoms with Crippen LogP contribution in [0, 0.1) is 0 Å². The van der Waals surface area contributed by atoms with E-state index >= 15 is 0 Å². The maximum absolute atomic E-state index is 12.3. The van der Waals surface area contributed by atoms with E-state index in [9.17, 15) is 4.79 Å². The number of para-hydroxylation sites is 1. The third-order valence-electron chi connectivity index (χ3n) is 3.55. The van der Waals surface area contributed by atoms with Crippen molar-refractivity contribution in [2.24, 2.45) is 7.05 Å². The quantitative estimate of drug-likeness (QED) is 0.776. The Morgan fingerprint density at radius 2 is 1.96 bits per heavy atom. The molecule has 1 heterocycles. The van der Waals surface area contributed by atoms with Crippen molar-refractivity contribution in [3.05, 3.63) is 48.3 Å². The zero-order chi connectivity index (χ0) is 15.9. The van der Waals surface area contributed by atoms with Crippen molar-refractivity contribution in [2.75, 3.05) is 32.1 Å². The largest absolute Gasteiger partial charge is 0.373 e. The number of aromatic nitrogens is 2. The van der Waals surface area contributed by atoms with Crippen LogP contribution in [0.1, 0.15) is 11.6 Å². The fraction of sp³-hybridized carbons (Fsp3) is 0.375. The molecular weight excluding hydrogens is 349 g/mol. The molecule has 0 radical (unpaired) electrons. The molecule has 2 aromatic rings. The van der Waals surface area contributed by atoms with E-state index in [0.29, 0.717) is 6.54 Å². The van der Waals surface area contributed by atoms with Gasteiger partial charge in [-0.3, -0.25) is 9.48 Å². The molecule has 1 aromatic carbocycles. The Morgan fingerprint density at radius 3 is 2.50 bits per heavy atom. The SMILES string of the molecule is CNC(C(=O)NCCN(C)c1ccccc1)c1cnn(C)c1.Cl.Cl. The van der Waals surface area contributed by atoms with E-state index in [0.717, 1.165) is 17.8 Å². The summed E-state index contributed by atoms with van der Waals surface area (Å²) in [7, 11) is 5.62. The molecule has 0 saturated heterocycles. The second-order valence-electron chi connectivity index (χ2n) is 5.22. The molecule has 134 valence electrons. The van der Waals surface area contributed by atoms with Crippen LogP contribution in [0.5, 0.6) is 0 Å². The van der Waals surface area contributed by atoms with Crippen LogP contribution < -0.4 is 15.5 Å². The molecule has 0 aliphatic heterocycles. The molecule has 0 aliphatic rings. The topological polar surface area (TPSA) is 62.2 Å². The van der Waals surface area contributed by atoms with Crippen LogP contribution >= 0.6 is 24.8 Å². The number of likely N-dealkylation sites (N-methyl/N-ethyl adjacent to an activating group) is 2. The molecule has 1 unspecified atom stereocenters. The Labute approximate surface area is 155 Å². The number of carbonyl (C=O) groups is 1. The van der Waals surface area contributed by atoms with Gasteiger partial charge in [-0.05, 0) is 19.2 Å². The van der Waals surface area contributed by atoms with Gasteiger partial charge < -0.3 is 15.5 Å². The smallest absolute Gasteiger partial charge is 0.241 e. The Hall–Kier alpha value is -1.76. The number of anilines is 1. The Morgan fingerprint density at radius 1 is 1.29 bits per heavy atom. The molecule has 24 heavy (non-hydrogen) atoms. The highest BCUT2D eigenvalue weighted by atomic mass is 35.5. The van der Waals surface area contributed by atoms with Crippen LogP contribution in [-0.2, 0) is 11.8 Å². The number of carbonyl (C=O) groups excluding carboxylic acids is 1. The van der Waals surface area contributed by atoms with Crippen LogP contribution in [0.15, 0.2) is 42.7 Å². The molecule has 8 heteroatoms. The van der Waals surface area contributed by atoms with Crippen LogP contribution in [0.3, 0.4) is 0 Å². The molecule has 1 amide bonds. The molecule has 0 aliphatic carbocycles. The Bertz CT molecular complexity index is 606. The predicted octanol–water partition coefficient (Wildman–Crippen LogP) is 1.78. The summed E-state index contributed by atoms with van der Waals surface area (Å²) in [5.74, 6) is -0.0445. The normalized spacial score (nSPS) is 11.0. The second kappa shape index (κ2) is 10.9. The fourth-order valence-corrected chi connectivity index (χ4v) is 2.30. The van der Waals surface area contributed by atoms with E-state index in [1.807, 2.05) is 50.6 Å². The average molecular weight is 374 g/mol. The highest BCUT2D eigenvalue weighted by Gasteiger charge is 2.19. The van der Waals surface area contributed by atoms with Crippen molar-refractivity contribution in [2.45, 2.75) is 6.04 Å². The lowest BCUT2D eigenvalue weighted by atomic mass is 10.1. The van der Waals surface area contributed by atoms with Crippen molar-refractivity contribution in [3.8, 4) is 0 Å². The number of halogens is 2. The third-order valence-corrected chi connectivity index (χ3v) is 3.55. The van der Waals surface area contributed by atoms with E-state index < -0.39 is 0 Å². The van der Waals surface area contributed by atoms with Gasteiger partial charge in [0.25, 0.3) is 0 Å². The molecule has 0 spiro atoms. The van der Waals surface area contributed by atoms with Gasteiger partial charge in [-0.25, -0.2) is 0 Å². The van der Waals surface area contributed by atoms with Gasteiger partial charge in [0.2, 0.25) is 5.91 Å². The van der Waals surface area contributed by atoms with E-state index in [1.165, 1.54) is 0 Å². The van der Waals surface area contributed by atoms with Crippen LogP contribution in [-0.4, -0.2) is 42.9 Å². The summed E-state index contributed by atoms with van der Waals surface area (Å²) < 4.78 is 1.69. The highest BCUT2D eigenvalue weighted by Crippen LogP contribution is 2.12. The summed E-state index contributed by atoms with van der Waals surface area (Å²) in [5, 5.41) is 10.1. The number of nitrogens with zero attached hydrogens (tertiary/aromatic N) is 3. The molecule has 1 atom stereocenters. The molecule has 1 aromatic heterocycles. The lowest BCUT2D eigenvalue weighted by Gasteiger charge is -2.20. The summed E-state index contributed by atoms with van der Waals surface area (Å²) in [5.41, 5.74) is 1.99. The van der Waals surface area contributed by atoms with Gasteiger partial charge in [-0.2, -0.15) is 5.10 Å². The maximum atomic E-state index is 12.3. The van der Waals surface area contributed by atoms with Crippen molar-refractivity contribution in [1.82, 2.24) is 20.4 Å². The standard InChI is InChI=1S/C16H23N5O.2ClH/c1-17-15(13-11-19-21(3)12-13)16(22)18-9-10-20(2)14-7-5-4-6-8-14;;/h4-8,11-12,15,17H,9-10H2,1-3H3,(H,18,22);2*1H. The van der Waals surface area contributed by atoms with E-state index in [-0.39, 0.29) is 36.8 Å². The highest BCUT2D eigenvalue weighted by molar-refractivity contribution is 5.85. The Kier molecular flexibility index (Phi) is 10.1. The molecule has 6 nitrogen and oxygen atoms in total. The lowest BCUT2D eigenvalue weighted by Crippen LogP contribution is -2.39. The van der Waals surface area contributed by atoms with E-state index in [2.05, 4.69) is 20.6 Å².